The normalized spacial score (nSPS) is 20.4. The lowest BCUT2D eigenvalue weighted by atomic mass is 10.1. The van der Waals surface area contributed by atoms with E-state index in [1.54, 1.807) is 18.2 Å². The standard InChI is InChI=1S/C13H11BrClNO4/c14-9-2-1-8(10(15)5-9)3-7-4-11(12(17)18)16(6-7)13(19)20/h1-3,5,11H,4,6H2,(H,17,18)(H,19,20)/t11-/m0/s1. The predicted octanol–water partition coefficient (Wildman–Crippen LogP) is 3.32. The van der Waals surface area contributed by atoms with Crippen molar-refractivity contribution in [1.29, 1.82) is 0 Å². The van der Waals surface area contributed by atoms with Gasteiger partial charge in [-0.2, -0.15) is 0 Å². The number of amides is 1. The van der Waals surface area contributed by atoms with Crippen LogP contribution in [-0.4, -0.2) is 39.8 Å². The lowest BCUT2D eigenvalue weighted by molar-refractivity contribution is -0.141. The van der Waals surface area contributed by atoms with Crippen LogP contribution in [0.2, 0.25) is 5.02 Å². The number of carboxylic acid groups (broad SMARTS) is 2. The molecule has 1 aromatic carbocycles. The smallest absolute Gasteiger partial charge is 0.408 e. The molecule has 0 radical (unpaired) electrons. The predicted molar refractivity (Wildman–Crippen MR) is 77.9 cm³/mol. The summed E-state index contributed by atoms with van der Waals surface area (Å²) < 4.78 is 0.839. The summed E-state index contributed by atoms with van der Waals surface area (Å²) >= 11 is 9.38. The van der Waals surface area contributed by atoms with Gasteiger partial charge in [-0.05, 0) is 23.3 Å². The molecule has 2 N–H and O–H groups in total. The minimum absolute atomic E-state index is 0.0820. The highest BCUT2D eigenvalue weighted by Crippen LogP contribution is 2.28. The SMILES string of the molecule is O=C(O)[C@@H]1CC(=Cc2ccc(Br)cc2Cl)CN1C(=O)O. The van der Waals surface area contributed by atoms with E-state index in [2.05, 4.69) is 15.9 Å². The second-order valence-electron chi connectivity index (χ2n) is 4.44. The van der Waals surface area contributed by atoms with Crippen LogP contribution in [-0.2, 0) is 4.79 Å². The third-order valence-corrected chi connectivity index (χ3v) is 3.88. The molecule has 2 rings (SSSR count). The van der Waals surface area contributed by atoms with Crippen molar-refractivity contribution in [3.8, 4) is 0 Å². The molecule has 0 saturated carbocycles. The van der Waals surface area contributed by atoms with Crippen molar-refractivity contribution in [3.05, 3.63) is 38.8 Å². The van der Waals surface area contributed by atoms with E-state index < -0.39 is 18.1 Å². The third kappa shape index (κ3) is 3.13. The molecular formula is C13H11BrClNO4. The van der Waals surface area contributed by atoms with E-state index in [4.69, 9.17) is 21.8 Å². The summed E-state index contributed by atoms with van der Waals surface area (Å²) in [5.74, 6) is -1.14. The van der Waals surface area contributed by atoms with Crippen LogP contribution in [0, 0.1) is 0 Å². The molecule has 1 saturated heterocycles. The maximum Gasteiger partial charge on any atom is 0.408 e. The Morgan fingerprint density at radius 1 is 1.40 bits per heavy atom. The molecule has 0 spiro atoms. The fourth-order valence-corrected chi connectivity index (χ4v) is 2.84. The van der Waals surface area contributed by atoms with Crippen LogP contribution in [0.3, 0.4) is 0 Å². The first-order valence-corrected chi connectivity index (χ1v) is 6.92. The topological polar surface area (TPSA) is 77.8 Å². The van der Waals surface area contributed by atoms with Crippen LogP contribution < -0.4 is 0 Å². The molecule has 1 aliphatic heterocycles. The molecule has 5 nitrogen and oxygen atoms in total. The van der Waals surface area contributed by atoms with Gasteiger partial charge in [-0.25, -0.2) is 9.59 Å². The van der Waals surface area contributed by atoms with Gasteiger partial charge in [-0.3, -0.25) is 4.90 Å². The molecule has 1 aromatic rings. The summed E-state index contributed by atoms with van der Waals surface area (Å²) in [6.07, 6.45) is 0.685. The Morgan fingerprint density at radius 2 is 2.10 bits per heavy atom. The van der Waals surface area contributed by atoms with Gasteiger partial charge in [-0.1, -0.05) is 39.7 Å². The number of carboxylic acids is 1. The summed E-state index contributed by atoms with van der Waals surface area (Å²) in [6.45, 7) is 0.0820. The molecule has 0 aromatic heterocycles. The zero-order valence-electron chi connectivity index (χ0n) is 10.2. The molecule has 0 aliphatic carbocycles. The second kappa shape index (κ2) is 5.85. The summed E-state index contributed by atoms with van der Waals surface area (Å²) in [5.41, 5.74) is 1.46. The average Bonchev–Trinajstić information content (AvgIpc) is 2.77. The summed E-state index contributed by atoms with van der Waals surface area (Å²) in [5, 5.41) is 18.6. The van der Waals surface area contributed by atoms with E-state index in [1.807, 2.05) is 6.07 Å². The maximum absolute atomic E-state index is 11.1. The van der Waals surface area contributed by atoms with Crippen molar-refractivity contribution >= 4 is 45.7 Å². The van der Waals surface area contributed by atoms with Crippen LogP contribution >= 0.6 is 27.5 Å². The molecule has 1 amide bonds. The summed E-state index contributed by atoms with van der Waals surface area (Å²) in [4.78, 5) is 23.0. The van der Waals surface area contributed by atoms with E-state index in [9.17, 15) is 9.59 Å². The van der Waals surface area contributed by atoms with E-state index in [1.165, 1.54) is 0 Å². The number of hydrogen-bond donors (Lipinski definition) is 2. The number of halogens is 2. The molecule has 1 aliphatic rings. The quantitative estimate of drug-likeness (QED) is 0.848. The lowest BCUT2D eigenvalue weighted by Crippen LogP contribution is -2.39. The average molecular weight is 361 g/mol. The highest BCUT2D eigenvalue weighted by atomic mass is 79.9. The minimum Gasteiger partial charge on any atom is -0.480 e. The van der Waals surface area contributed by atoms with Crippen LogP contribution in [0.4, 0.5) is 4.79 Å². The number of carbonyl (C=O) groups is 2. The first kappa shape index (κ1) is 14.9. The monoisotopic (exact) mass is 359 g/mol. The van der Waals surface area contributed by atoms with Gasteiger partial charge in [-0.15, -0.1) is 0 Å². The third-order valence-electron chi connectivity index (χ3n) is 3.06. The van der Waals surface area contributed by atoms with Crippen molar-refractivity contribution < 1.29 is 19.8 Å². The number of likely N-dealkylation sites (tertiary alicyclic amines) is 1. The van der Waals surface area contributed by atoms with Crippen LogP contribution in [0.5, 0.6) is 0 Å². The lowest BCUT2D eigenvalue weighted by Gasteiger charge is -2.16. The molecular weight excluding hydrogens is 350 g/mol. The van der Waals surface area contributed by atoms with E-state index >= 15 is 0 Å². The zero-order valence-corrected chi connectivity index (χ0v) is 12.6. The van der Waals surface area contributed by atoms with Crippen molar-refractivity contribution in [2.45, 2.75) is 12.5 Å². The first-order chi connectivity index (χ1) is 9.38. The zero-order chi connectivity index (χ0) is 14.9. The van der Waals surface area contributed by atoms with Gasteiger partial charge in [0.1, 0.15) is 6.04 Å². The molecule has 20 heavy (non-hydrogen) atoms. The van der Waals surface area contributed by atoms with E-state index in [0.717, 1.165) is 20.5 Å². The first-order valence-electron chi connectivity index (χ1n) is 5.75. The maximum atomic E-state index is 11.1. The Morgan fingerprint density at radius 3 is 2.60 bits per heavy atom. The number of nitrogens with zero attached hydrogens (tertiary/aromatic N) is 1. The van der Waals surface area contributed by atoms with Crippen molar-refractivity contribution in [1.82, 2.24) is 4.90 Å². The largest absolute Gasteiger partial charge is 0.480 e. The number of hydrogen-bond acceptors (Lipinski definition) is 2. The molecule has 0 unspecified atom stereocenters. The molecule has 1 atom stereocenters. The molecule has 1 fully saturated rings. The van der Waals surface area contributed by atoms with Crippen molar-refractivity contribution in [2.75, 3.05) is 6.54 Å². The van der Waals surface area contributed by atoms with Gasteiger partial charge in [0.15, 0.2) is 0 Å². The van der Waals surface area contributed by atoms with E-state index in [0.29, 0.717) is 5.02 Å². The number of aliphatic carboxylic acids is 1. The Kier molecular flexibility index (Phi) is 4.35. The van der Waals surface area contributed by atoms with Crippen LogP contribution in [0.1, 0.15) is 12.0 Å². The Balaban J connectivity index is 2.28. The number of rotatable bonds is 2. The Hall–Kier alpha value is -1.53. The van der Waals surface area contributed by atoms with Gasteiger partial charge in [0, 0.05) is 22.5 Å². The Labute approximate surface area is 128 Å². The molecule has 1 heterocycles. The summed E-state index contributed by atoms with van der Waals surface area (Å²) in [7, 11) is 0. The fourth-order valence-electron chi connectivity index (χ4n) is 2.12. The van der Waals surface area contributed by atoms with Gasteiger partial charge in [0.2, 0.25) is 0 Å². The molecule has 0 bridgehead atoms. The van der Waals surface area contributed by atoms with Crippen LogP contribution in [0.25, 0.3) is 6.08 Å². The summed E-state index contributed by atoms with van der Waals surface area (Å²) in [6, 6.07) is 4.30. The van der Waals surface area contributed by atoms with Crippen LogP contribution in [0.15, 0.2) is 28.2 Å². The second-order valence-corrected chi connectivity index (χ2v) is 5.76. The van der Waals surface area contributed by atoms with Crippen molar-refractivity contribution in [2.24, 2.45) is 0 Å². The van der Waals surface area contributed by atoms with E-state index in [-0.39, 0.29) is 13.0 Å². The van der Waals surface area contributed by atoms with Gasteiger partial charge in [0.25, 0.3) is 0 Å². The van der Waals surface area contributed by atoms with Gasteiger partial charge in [0.05, 0.1) is 0 Å². The highest BCUT2D eigenvalue weighted by molar-refractivity contribution is 9.10. The molecule has 106 valence electrons. The highest BCUT2D eigenvalue weighted by Gasteiger charge is 2.36. The Bertz CT molecular complexity index is 578. The van der Waals surface area contributed by atoms with Crippen molar-refractivity contribution in [3.63, 3.8) is 0 Å². The number of benzene rings is 1. The molecule has 7 heteroatoms. The fraction of sp³-hybridized carbons (Fsp3) is 0.231. The van der Waals surface area contributed by atoms with Gasteiger partial charge >= 0.3 is 12.1 Å². The van der Waals surface area contributed by atoms with Gasteiger partial charge < -0.3 is 10.2 Å². The minimum atomic E-state index is -1.23.